The Labute approximate surface area is 184 Å². The topological polar surface area (TPSA) is 92.9 Å². The summed E-state index contributed by atoms with van der Waals surface area (Å²) in [6.07, 6.45) is 3.23. The number of amides is 1. The van der Waals surface area contributed by atoms with Crippen molar-refractivity contribution in [1.29, 1.82) is 0 Å². The van der Waals surface area contributed by atoms with Gasteiger partial charge in [0.15, 0.2) is 5.76 Å². The predicted octanol–water partition coefficient (Wildman–Crippen LogP) is 5.21. The molecular formula is C23H23N5O2S. The molecule has 8 heteroatoms. The van der Waals surface area contributed by atoms with E-state index < -0.39 is 0 Å². The van der Waals surface area contributed by atoms with Crippen LogP contribution in [0, 0.1) is 27.7 Å². The fraction of sp³-hybridized carbons (Fsp3) is 0.217. The van der Waals surface area contributed by atoms with Crippen LogP contribution >= 0.6 is 11.3 Å². The number of hydrogen-bond donors (Lipinski definition) is 2. The minimum Gasteiger partial charge on any atom is -0.459 e. The molecule has 0 fully saturated rings. The lowest BCUT2D eigenvalue weighted by Gasteiger charge is -2.21. The Hall–Kier alpha value is -3.52. The molecule has 0 spiro atoms. The lowest BCUT2D eigenvalue weighted by atomic mass is 10.00. The zero-order valence-electron chi connectivity index (χ0n) is 17.8. The van der Waals surface area contributed by atoms with E-state index >= 15 is 0 Å². The Balaban J connectivity index is 1.78. The van der Waals surface area contributed by atoms with Gasteiger partial charge in [0, 0.05) is 28.0 Å². The van der Waals surface area contributed by atoms with E-state index in [-0.39, 0.29) is 17.7 Å². The second-order valence-electron chi connectivity index (χ2n) is 7.26. The zero-order chi connectivity index (χ0) is 22.0. The Morgan fingerprint density at radius 3 is 2.48 bits per heavy atom. The summed E-state index contributed by atoms with van der Waals surface area (Å²) in [5, 5.41) is 7.19. The van der Waals surface area contributed by atoms with Crippen molar-refractivity contribution >= 4 is 28.2 Å². The largest absolute Gasteiger partial charge is 0.459 e. The predicted molar refractivity (Wildman–Crippen MR) is 122 cm³/mol. The van der Waals surface area contributed by atoms with Crippen molar-refractivity contribution in [3.05, 3.63) is 87.7 Å². The van der Waals surface area contributed by atoms with E-state index in [2.05, 4.69) is 25.6 Å². The van der Waals surface area contributed by atoms with Crippen LogP contribution in [0.5, 0.6) is 0 Å². The highest BCUT2D eigenvalue weighted by molar-refractivity contribution is 7.16. The normalized spacial score (nSPS) is 11.9. The summed E-state index contributed by atoms with van der Waals surface area (Å²) in [5.74, 6) is 0.476. The second kappa shape index (κ2) is 8.69. The molecule has 4 aromatic heterocycles. The number of anilines is 2. The molecule has 0 radical (unpaired) electrons. The second-order valence-corrected chi connectivity index (χ2v) is 8.49. The van der Waals surface area contributed by atoms with Gasteiger partial charge in [-0.3, -0.25) is 9.78 Å². The van der Waals surface area contributed by atoms with E-state index in [0.29, 0.717) is 5.95 Å². The number of thiophene rings is 1. The van der Waals surface area contributed by atoms with Gasteiger partial charge in [0.25, 0.3) is 5.91 Å². The maximum Gasteiger partial charge on any atom is 0.291 e. The first-order valence-corrected chi connectivity index (χ1v) is 10.7. The van der Waals surface area contributed by atoms with Crippen LogP contribution in [-0.4, -0.2) is 20.9 Å². The maximum absolute atomic E-state index is 12.7. The van der Waals surface area contributed by atoms with Crippen molar-refractivity contribution in [3.8, 4) is 0 Å². The molecule has 0 aliphatic heterocycles. The third kappa shape index (κ3) is 4.49. The number of carbonyl (C=O) groups excluding carboxylic acids is 1. The van der Waals surface area contributed by atoms with Crippen LogP contribution in [0.25, 0.3) is 0 Å². The van der Waals surface area contributed by atoms with E-state index in [9.17, 15) is 4.79 Å². The molecule has 4 heterocycles. The number of carbonyl (C=O) groups is 1. The molecule has 4 rings (SSSR count). The molecular weight excluding hydrogens is 410 g/mol. The average Bonchev–Trinajstić information content (AvgIpc) is 3.36. The lowest BCUT2D eigenvalue weighted by Crippen LogP contribution is -2.19. The van der Waals surface area contributed by atoms with Gasteiger partial charge in [-0.2, -0.15) is 0 Å². The highest BCUT2D eigenvalue weighted by Gasteiger charge is 2.26. The number of furan rings is 1. The Bertz CT molecular complexity index is 1180. The van der Waals surface area contributed by atoms with E-state index in [1.54, 1.807) is 18.3 Å². The first-order chi connectivity index (χ1) is 14.9. The van der Waals surface area contributed by atoms with Crippen molar-refractivity contribution in [2.24, 2.45) is 0 Å². The molecule has 0 aromatic carbocycles. The maximum atomic E-state index is 12.7. The molecule has 0 aliphatic carbocycles. The van der Waals surface area contributed by atoms with E-state index in [1.165, 1.54) is 17.6 Å². The number of aryl methyl sites for hydroxylation is 3. The fourth-order valence-electron chi connectivity index (χ4n) is 3.42. The molecule has 0 bridgehead atoms. The van der Waals surface area contributed by atoms with Gasteiger partial charge in [0.2, 0.25) is 5.95 Å². The van der Waals surface area contributed by atoms with Gasteiger partial charge in [-0.1, -0.05) is 6.07 Å². The van der Waals surface area contributed by atoms with E-state index in [0.717, 1.165) is 38.1 Å². The smallest absolute Gasteiger partial charge is 0.291 e. The van der Waals surface area contributed by atoms with E-state index in [4.69, 9.17) is 4.42 Å². The van der Waals surface area contributed by atoms with Gasteiger partial charge >= 0.3 is 0 Å². The summed E-state index contributed by atoms with van der Waals surface area (Å²) in [5.41, 5.74) is 4.56. The zero-order valence-corrected chi connectivity index (χ0v) is 18.6. The van der Waals surface area contributed by atoms with Crippen LogP contribution in [-0.2, 0) is 0 Å². The van der Waals surface area contributed by atoms with Crippen LogP contribution < -0.4 is 10.6 Å². The van der Waals surface area contributed by atoms with Crippen molar-refractivity contribution in [3.63, 3.8) is 0 Å². The molecule has 158 valence electrons. The minimum absolute atomic E-state index is 0.259. The summed E-state index contributed by atoms with van der Waals surface area (Å²) >= 11 is 1.52. The molecule has 0 saturated heterocycles. The van der Waals surface area contributed by atoms with Crippen LogP contribution in [0.4, 0.5) is 10.9 Å². The van der Waals surface area contributed by atoms with Crippen molar-refractivity contribution in [2.45, 2.75) is 33.7 Å². The minimum atomic E-state index is -0.348. The molecule has 31 heavy (non-hydrogen) atoms. The molecule has 7 nitrogen and oxygen atoms in total. The third-order valence-corrected chi connectivity index (χ3v) is 6.07. The number of aromatic nitrogens is 3. The molecule has 1 atom stereocenters. The summed E-state index contributed by atoms with van der Waals surface area (Å²) < 4.78 is 5.26. The van der Waals surface area contributed by atoms with Crippen molar-refractivity contribution < 1.29 is 9.21 Å². The first kappa shape index (κ1) is 20.7. The Morgan fingerprint density at radius 1 is 1.06 bits per heavy atom. The summed E-state index contributed by atoms with van der Waals surface area (Å²) in [6.45, 7) is 7.95. The average molecular weight is 434 g/mol. The summed E-state index contributed by atoms with van der Waals surface area (Å²) in [6, 6.07) is 10.7. The third-order valence-electron chi connectivity index (χ3n) is 4.93. The number of nitrogens with one attached hydrogen (secondary N) is 2. The number of nitrogens with zero attached hydrogens (tertiary/aromatic N) is 3. The SMILES string of the molecule is Cc1cc(C)nc(NC(c2ccccn2)c2c(NC(=O)c3ccco3)sc(C)c2C)n1. The van der Waals surface area contributed by atoms with E-state index in [1.807, 2.05) is 52.0 Å². The van der Waals surface area contributed by atoms with Crippen molar-refractivity contribution in [1.82, 2.24) is 15.0 Å². The highest BCUT2D eigenvalue weighted by atomic mass is 32.1. The van der Waals surface area contributed by atoms with Crippen LogP contribution in [0.1, 0.15) is 49.7 Å². The quantitative estimate of drug-likeness (QED) is 0.433. The highest BCUT2D eigenvalue weighted by Crippen LogP contribution is 2.40. The fourth-order valence-corrected chi connectivity index (χ4v) is 4.51. The van der Waals surface area contributed by atoms with Gasteiger partial charge in [-0.15, -0.1) is 11.3 Å². The molecule has 0 saturated carbocycles. The number of hydrogen-bond acceptors (Lipinski definition) is 7. The molecule has 0 aliphatic rings. The van der Waals surface area contributed by atoms with Gasteiger partial charge < -0.3 is 15.1 Å². The van der Waals surface area contributed by atoms with Crippen LogP contribution in [0.15, 0.2) is 53.3 Å². The molecule has 1 unspecified atom stereocenters. The molecule has 2 N–H and O–H groups in total. The standard InChI is InChI=1S/C23H23N5O2S/c1-13-12-14(2)26-23(25-13)27-20(17-8-5-6-10-24-17)19-15(3)16(4)31-22(19)28-21(29)18-9-7-11-30-18/h5-12,20H,1-4H3,(H,28,29)(H,25,26,27). The Morgan fingerprint density at radius 2 is 1.84 bits per heavy atom. The van der Waals surface area contributed by atoms with Gasteiger partial charge in [-0.05, 0) is 63.6 Å². The molecule has 1 amide bonds. The van der Waals surface area contributed by atoms with Crippen molar-refractivity contribution in [2.75, 3.05) is 10.6 Å². The van der Waals surface area contributed by atoms with Gasteiger partial charge in [0.05, 0.1) is 18.0 Å². The van der Waals surface area contributed by atoms with Crippen LogP contribution in [0.3, 0.4) is 0 Å². The first-order valence-electron chi connectivity index (χ1n) is 9.87. The molecule has 4 aromatic rings. The monoisotopic (exact) mass is 433 g/mol. The van der Waals surface area contributed by atoms with Gasteiger partial charge in [-0.25, -0.2) is 9.97 Å². The number of rotatable bonds is 6. The van der Waals surface area contributed by atoms with Crippen LogP contribution in [0.2, 0.25) is 0 Å². The Kier molecular flexibility index (Phi) is 5.81. The summed E-state index contributed by atoms with van der Waals surface area (Å²) in [4.78, 5) is 27.5. The lowest BCUT2D eigenvalue weighted by molar-refractivity contribution is 0.0997. The number of pyridine rings is 1. The van der Waals surface area contributed by atoms with Gasteiger partial charge in [0.1, 0.15) is 5.00 Å². The summed E-state index contributed by atoms with van der Waals surface area (Å²) in [7, 11) is 0.